The number of hydrogen-bond acceptors (Lipinski definition) is 4. The van der Waals surface area contributed by atoms with Crippen molar-refractivity contribution in [2.75, 3.05) is 5.73 Å². The predicted octanol–water partition coefficient (Wildman–Crippen LogP) is 4.59. The van der Waals surface area contributed by atoms with E-state index in [1.807, 2.05) is 37.3 Å². The molecule has 4 heteroatoms. The van der Waals surface area contributed by atoms with Gasteiger partial charge in [-0.05, 0) is 53.8 Å². The number of benzene rings is 2. The summed E-state index contributed by atoms with van der Waals surface area (Å²) in [5, 5.41) is 4.08. The predicted molar refractivity (Wildman–Crippen MR) is 93.0 cm³/mol. The van der Waals surface area contributed by atoms with Gasteiger partial charge in [0.25, 0.3) is 5.89 Å². The molecule has 3 rings (SSSR count). The van der Waals surface area contributed by atoms with Crippen LogP contribution in [0.4, 0.5) is 5.69 Å². The zero-order valence-corrected chi connectivity index (χ0v) is 13.9. The van der Waals surface area contributed by atoms with Gasteiger partial charge in [-0.3, -0.25) is 0 Å². The number of aromatic nitrogens is 2. The zero-order chi connectivity index (χ0) is 16.6. The van der Waals surface area contributed by atoms with E-state index in [0.717, 1.165) is 22.4 Å². The molecule has 0 saturated carbocycles. The summed E-state index contributed by atoms with van der Waals surface area (Å²) in [7, 11) is 0. The Balaban J connectivity index is 1.91. The molecular weight excluding hydrogens is 286 g/mol. The summed E-state index contributed by atoms with van der Waals surface area (Å²) < 4.78 is 5.41. The van der Waals surface area contributed by atoms with Crippen LogP contribution >= 0.6 is 0 Å². The molecule has 0 unspecified atom stereocenters. The van der Waals surface area contributed by atoms with Gasteiger partial charge >= 0.3 is 0 Å². The average molecular weight is 307 g/mol. The molecule has 0 radical (unpaired) electrons. The van der Waals surface area contributed by atoms with Gasteiger partial charge in [-0.25, -0.2) is 0 Å². The van der Waals surface area contributed by atoms with Crippen LogP contribution in [0.25, 0.3) is 22.8 Å². The Labute approximate surface area is 136 Å². The third kappa shape index (κ3) is 3.11. The zero-order valence-electron chi connectivity index (χ0n) is 13.9. The highest BCUT2D eigenvalue weighted by atomic mass is 16.5. The van der Waals surface area contributed by atoms with Crippen molar-refractivity contribution in [1.29, 1.82) is 0 Å². The van der Waals surface area contributed by atoms with Crippen LogP contribution in [0.15, 0.2) is 47.0 Å². The summed E-state index contributed by atoms with van der Waals surface area (Å²) in [6, 6.07) is 14.0. The van der Waals surface area contributed by atoms with E-state index in [-0.39, 0.29) is 5.41 Å². The molecule has 4 nitrogen and oxygen atoms in total. The monoisotopic (exact) mass is 307 g/mol. The van der Waals surface area contributed by atoms with Gasteiger partial charge in [0.2, 0.25) is 5.82 Å². The van der Waals surface area contributed by atoms with Crippen molar-refractivity contribution < 1.29 is 4.52 Å². The maximum absolute atomic E-state index is 5.85. The molecule has 0 spiro atoms. The topological polar surface area (TPSA) is 64.9 Å². The first-order valence-corrected chi connectivity index (χ1v) is 7.66. The van der Waals surface area contributed by atoms with Crippen LogP contribution in [0.2, 0.25) is 0 Å². The first-order chi connectivity index (χ1) is 10.8. The minimum Gasteiger partial charge on any atom is -0.399 e. The minimum absolute atomic E-state index is 0.125. The van der Waals surface area contributed by atoms with Crippen molar-refractivity contribution in [1.82, 2.24) is 10.1 Å². The van der Waals surface area contributed by atoms with Crippen molar-refractivity contribution in [2.24, 2.45) is 0 Å². The van der Waals surface area contributed by atoms with Crippen LogP contribution in [-0.4, -0.2) is 10.1 Å². The molecular formula is C19H21N3O. The van der Waals surface area contributed by atoms with Gasteiger partial charge in [-0.1, -0.05) is 38.1 Å². The van der Waals surface area contributed by atoms with Gasteiger partial charge in [0.05, 0.1) is 0 Å². The van der Waals surface area contributed by atoms with Gasteiger partial charge in [-0.15, -0.1) is 0 Å². The standard InChI is InChI=1S/C19H21N3O/c1-12-11-14(7-10-16(12)20)17-21-18(23-22-17)13-5-8-15(9-6-13)19(2,3)4/h5-11H,20H2,1-4H3. The van der Waals surface area contributed by atoms with Crippen LogP contribution in [0, 0.1) is 6.92 Å². The second-order valence-corrected chi connectivity index (χ2v) is 6.82. The Morgan fingerprint density at radius 3 is 2.22 bits per heavy atom. The fraction of sp³-hybridized carbons (Fsp3) is 0.263. The molecule has 118 valence electrons. The molecule has 0 atom stereocenters. The van der Waals surface area contributed by atoms with E-state index >= 15 is 0 Å². The summed E-state index contributed by atoms with van der Waals surface area (Å²) in [6.45, 7) is 8.54. The number of nitrogens with zero attached hydrogens (tertiary/aromatic N) is 2. The summed E-state index contributed by atoms with van der Waals surface area (Å²) >= 11 is 0. The first kappa shape index (κ1) is 15.3. The van der Waals surface area contributed by atoms with Gasteiger partial charge < -0.3 is 10.3 Å². The van der Waals surface area contributed by atoms with E-state index in [1.54, 1.807) is 0 Å². The SMILES string of the molecule is Cc1cc(-c2noc(-c3ccc(C(C)(C)C)cc3)n2)ccc1N. The Hall–Kier alpha value is -2.62. The van der Waals surface area contributed by atoms with E-state index in [1.165, 1.54) is 5.56 Å². The van der Waals surface area contributed by atoms with Crippen LogP contribution in [-0.2, 0) is 5.41 Å². The van der Waals surface area contributed by atoms with Crippen LogP contribution < -0.4 is 5.73 Å². The molecule has 0 fully saturated rings. The Morgan fingerprint density at radius 2 is 1.61 bits per heavy atom. The molecule has 2 N–H and O–H groups in total. The Morgan fingerprint density at radius 1 is 0.957 bits per heavy atom. The average Bonchev–Trinajstić information content (AvgIpc) is 2.99. The number of hydrogen-bond donors (Lipinski definition) is 1. The van der Waals surface area contributed by atoms with Gasteiger partial charge in [0, 0.05) is 16.8 Å². The number of anilines is 1. The summed E-state index contributed by atoms with van der Waals surface area (Å²) in [4.78, 5) is 4.49. The van der Waals surface area contributed by atoms with E-state index < -0.39 is 0 Å². The lowest BCUT2D eigenvalue weighted by Crippen LogP contribution is -2.10. The number of nitrogens with two attached hydrogens (primary N) is 1. The second kappa shape index (κ2) is 5.54. The molecule has 0 aliphatic carbocycles. The van der Waals surface area contributed by atoms with Crippen molar-refractivity contribution in [3.8, 4) is 22.8 Å². The Bertz CT molecular complexity index is 827. The molecule has 2 aromatic carbocycles. The highest BCUT2D eigenvalue weighted by Gasteiger charge is 2.15. The van der Waals surface area contributed by atoms with Gasteiger partial charge in [-0.2, -0.15) is 4.98 Å². The molecule has 1 aromatic heterocycles. The molecule has 0 saturated heterocycles. The molecule has 3 aromatic rings. The normalized spacial score (nSPS) is 11.7. The van der Waals surface area contributed by atoms with Crippen LogP contribution in [0.5, 0.6) is 0 Å². The maximum atomic E-state index is 5.85. The number of nitrogen functional groups attached to an aromatic ring is 1. The first-order valence-electron chi connectivity index (χ1n) is 7.66. The van der Waals surface area contributed by atoms with Gasteiger partial charge in [0.15, 0.2) is 0 Å². The summed E-state index contributed by atoms with van der Waals surface area (Å²) in [6.07, 6.45) is 0. The number of rotatable bonds is 2. The van der Waals surface area contributed by atoms with E-state index in [0.29, 0.717) is 11.7 Å². The maximum Gasteiger partial charge on any atom is 0.258 e. The van der Waals surface area contributed by atoms with Crippen LogP contribution in [0.3, 0.4) is 0 Å². The van der Waals surface area contributed by atoms with Crippen molar-refractivity contribution >= 4 is 5.69 Å². The lowest BCUT2D eigenvalue weighted by molar-refractivity contribution is 0.432. The third-order valence-electron chi connectivity index (χ3n) is 3.95. The van der Waals surface area contributed by atoms with E-state index in [9.17, 15) is 0 Å². The molecule has 23 heavy (non-hydrogen) atoms. The van der Waals surface area contributed by atoms with Crippen molar-refractivity contribution in [2.45, 2.75) is 33.1 Å². The van der Waals surface area contributed by atoms with E-state index in [2.05, 4.69) is 43.0 Å². The second-order valence-electron chi connectivity index (χ2n) is 6.82. The fourth-order valence-electron chi connectivity index (χ4n) is 2.39. The lowest BCUT2D eigenvalue weighted by Gasteiger charge is -2.18. The van der Waals surface area contributed by atoms with E-state index in [4.69, 9.17) is 10.3 Å². The molecule has 0 aliphatic heterocycles. The molecule has 0 bridgehead atoms. The minimum atomic E-state index is 0.125. The molecule has 0 amide bonds. The highest BCUT2D eigenvalue weighted by Crippen LogP contribution is 2.27. The van der Waals surface area contributed by atoms with Gasteiger partial charge in [0.1, 0.15) is 0 Å². The molecule has 0 aliphatic rings. The Kier molecular flexibility index (Phi) is 3.68. The van der Waals surface area contributed by atoms with Crippen molar-refractivity contribution in [3.05, 3.63) is 53.6 Å². The summed E-state index contributed by atoms with van der Waals surface area (Å²) in [5.74, 6) is 1.10. The smallest absolute Gasteiger partial charge is 0.258 e. The lowest BCUT2D eigenvalue weighted by atomic mass is 9.87. The quantitative estimate of drug-likeness (QED) is 0.703. The van der Waals surface area contributed by atoms with Crippen molar-refractivity contribution in [3.63, 3.8) is 0 Å². The molecule has 1 heterocycles. The largest absolute Gasteiger partial charge is 0.399 e. The number of aryl methyl sites for hydroxylation is 1. The van der Waals surface area contributed by atoms with Crippen LogP contribution in [0.1, 0.15) is 31.9 Å². The third-order valence-corrected chi connectivity index (χ3v) is 3.95. The fourth-order valence-corrected chi connectivity index (χ4v) is 2.39. The highest BCUT2D eigenvalue weighted by molar-refractivity contribution is 5.64. The summed E-state index contributed by atoms with van der Waals surface area (Å²) in [5.41, 5.74) is 10.8.